The van der Waals surface area contributed by atoms with Gasteiger partial charge in [0.1, 0.15) is 5.60 Å². The molecule has 3 N–H and O–H groups in total. The van der Waals surface area contributed by atoms with Gasteiger partial charge in [0.05, 0.1) is 17.8 Å². The topological polar surface area (TPSA) is 87.2 Å². The zero-order valence-electron chi connectivity index (χ0n) is 16.1. The minimum absolute atomic E-state index is 0.0288. The Bertz CT molecular complexity index is 941. The van der Waals surface area contributed by atoms with E-state index in [1.54, 1.807) is 0 Å². The summed E-state index contributed by atoms with van der Waals surface area (Å²) < 4.78 is 5.23. The fourth-order valence-corrected chi connectivity index (χ4v) is 3.14. The quantitative estimate of drug-likeness (QED) is 0.572. The van der Waals surface area contributed by atoms with E-state index in [0.29, 0.717) is 6.54 Å². The molecule has 2 heterocycles. The number of ether oxygens (including phenoxy) is 1. The highest BCUT2D eigenvalue weighted by Crippen LogP contribution is 2.28. The molecule has 6 nitrogen and oxygen atoms in total. The van der Waals surface area contributed by atoms with Crippen molar-refractivity contribution >= 4 is 27.9 Å². The molecule has 0 spiro atoms. The Morgan fingerprint density at radius 3 is 2.78 bits per heavy atom. The van der Waals surface area contributed by atoms with Crippen LogP contribution in [0.25, 0.3) is 21.8 Å². The Kier molecular flexibility index (Phi) is 5.65. The number of hydrogen-bond donors (Lipinski definition) is 3. The molecule has 144 valence electrons. The number of nitrogens with one attached hydrogen (secondary N) is 2. The lowest BCUT2D eigenvalue weighted by atomic mass is 10.1. The monoisotopic (exact) mass is 369 g/mol. The Balaban J connectivity index is 1.61. The van der Waals surface area contributed by atoms with Crippen LogP contribution in [0.2, 0.25) is 0 Å². The Hall–Kier alpha value is -2.60. The number of hydrogen-bond acceptors (Lipinski definition) is 4. The third-order valence-electron chi connectivity index (χ3n) is 4.35. The van der Waals surface area contributed by atoms with E-state index >= 15 is 0 Å². The molecule has 0 saturated heterocycles. The van der Waals surface area contributed by atoms with Gasteiger partial charge in [-0.05, 0) is 57.7 Å². The van der Waals surface area contributed by atoms with E-state index in [4.69, 9.17) is 4.74 Å². The Morgan fingerprint density at radius 2 is 2.04 bits per heavy atom. The highest BCUT2D eigenvalue weighted by Gasteiger charge is 2.15. The number of alkyl carbamates (subject to hydrolysis) is 1. The third-order valence-corrected chi connectivity index (χ3v) is 4.35. The third kappa shape index (κ3) is 4.77. The Labute approximate surface area is 158 Å². The van der Waals surface area contributed by atoms with E-state index in [2.05, 4.69) is 15.3 Å². The number of fused-ring (bicyclic) bond motifs is 3. The van der Waals surface area contributed by atoms with Gasteiger partial charge >= 0.3 is 6.09 Å². The molecule has 0 bridgehead atoms. The number of carbonyl (C=O) groups excluding carboxylic acids is 1. The molecule has 0 aliphatic heterocycles. The van der Waals surface area contributed by atoms with Gasteiger partial charge in [-0.2, -0.15) is 0 Å². The second-order valence-electron chi connectivity index (χ2n) is 7.73. The predicted molar refractivity (Wildman–Crippen MR) is 107 cm³/mol. The first-order valence-electron chi connectivity index (χ1n) is 9.33. The van der Waals surface area contributed by atoms with E-state index in [1.165, 1.54) is 0 Å². The molecule has 0 aliphatic carbocycles. The molecule has 0 atom stereocenters. The summed E-state index contributed by atoms with van der Waals surface area (Å²) in [5, 5.41) is 14.4. The second kappa shape index (κ2) is 7.96. The van der Waals surface area contributed by atoms with Gasteiger partial charge in [-0.25, -0.2) is 4.79 Å². The normalized spacial score (nSPS) is 11.9. The summed E-state index contributed by atoms with van der Waals surface area (Å²) in [6, 6.07) is 7.97. The van der Waals surface area contributed by atoms with Crippen molar-refractivity contribution in [2.75, 3.05) is 6.54 Å². The lowest BCUT2D eigenvalue weighted by molar-refractivity contribution is 0.0527. The second-order valence-corrected chi connectivity index (χ2v) is 7.73. The average molecular weight is 369 g/mol. The first kappa shape index (κ1) is 19.2. The van der Waals surface area contributed by atoms with E-state index in [0.717, 1.165) is 52.3 Å². The lowest BCUT2D eigenvalue weighted by Gasteiger charge is -2.19. The van der Waals surface area contributed by atoms with Crippen LogP contribution < -0.4 is 5.32 Å². The molecule has 3 aromatic rings. The summed E-state index contributed by atoms with van der Waals surface area (Å²) in [6.45, 7) is 6.16. The van der Waals surface area contributed by atoms with Crippen LogP contribution in [-0.4, -0.2) is 33.3 Å². The molecule has 0 saturated carbocycles. The lowest BCUT2D eigenvalue weighted by Crippen LogP contribution is -2.33. The van der Waals surface area contributed by atoms with Gasteiger partial charge in [0, 0.05) is 29.0 Å². The molecular weight excluding hydrogens is 342 g/mol. The van der Waals surface area contributed by atoms with Crippen LogP contribution in [0, 0.1) is 0 Å². The van der Waals surface area contributed by atoms with E-state index < -0.39 is 5.60 Å². The Morgan fingerprint density at radius 1 is 1.22 bits per heavy atom. The van der Waals surface area contributed by atoms with Crippen LogP contribution in [0.4, 0.5) is 4.79 Å². The number of benzene rings is 1. The van der Waals surface area contributed by atoms with Crippen molar-refractivity contribution in [3.63, 3.8) is 0 Å². The van der Waals surface area contributed by atoms with Crippen molar-refractivity contribution in [1.29, 1.82) is 0 Å². The summed E-state index contributed by atoms with van der Waals surface area (Å²) in [6.07, 6.45) is 4.06. The van der Waals surface area contributed by atoms with E-state index in [-0.39, 0.29) is 12.7 Å². The number of aryl methyl sites for hydroxylation is 1. The molecule has 0 aliphatic rings. The maximum Gasteiger partial charge on any atom is 0.407 e. The molecule has 0 unspecified atom stereocenters. The number of aliphatic hydroxyl groups excluding tert-OH is 1. The number of carbonyl (C=O) groups is 1. The van der Waals surface area contributed by atoms with Crippen molar-refractivity contribution in [3.05, 3.63) is 41.7 Å². The van der Waals surface area contributed by atoms with Gasteiger partial charge in [0.15, 0.2) is 0 Å². The zero-order chi connectivity index (χ0) is 19.4. The number of unbranched alkanes of at least 4 members (excludes halogenated alkanes) is 1. The van der Waals surface area contributed by atoms with Gasteiger partial charge in [0.2, 0.25) is 0 Å². The zero-order valence-corrected chi connectivity index (χ0v) is 16.1. The van der Waals surface area contributed by atoms with E-state index in [9.17, 15) is 9.90 Å². The number of H-pyrrole nitrogens is 1. The summed E-state index contributed by atoms with van der Waals surface area (Å²) in [5.74, 6) is 0. The highest BCUT2D eigenvalue weighted by atomic mass is 16.6. The van der Waals surface area contributed by atoms with Gasteiger partial charge < -0.3 is 20.1 Å². The molecule has 2 aromatic heterocycles. The van der Waals surface area contributed by atoms with Crippen molar-refractivity contribution in [3.8, 4) is 0 Å². The van der Waals surface area contributed by atoms with Crippen LogP contribution >= 0.6 is 0 Å². The molecule has 6 heteroatoms. The predicted octanol–water partition coefficient (Wildman–Crippen LogP) is 4.06. The van der Waals surface area contributed by atoms with Crippen molar-refractivity contribution in [1.82, 2.24) is 15.3 Å². The van der Waals surface area contributed by atoms with Crippen LogP contribution in [0.15, 0.2) is 30.5 Å². The van der Waals surface area contributed by atoms with Crippen LogP contribution in [-0.2, 0) is 17.8 Å². The minimum atomic E-state index is -0.477. The minimum Gasteiger partial charge on any atom is -0.444 e. The fraction of sp³-hybridized carbons (Fsp3) is 0.429. The summed E-state index contributed by atoms with van der Waals surface area (Å²) in [7, 11) is 0. The number of rotatable bonds is 6. The molecule has 0 fully saturated rings. The number of amides is 1. The molecule has 0 radical (unpaired) electrons. The summed E-state index contributed by atoms with van der Waals surface area (Å²) in [4.78, 5) is 19.6. The number of nitrogens with zero attached hydrogens (tertiary/aromatic N) is 1. The fourth-order valence-electron chi connectivity index (χ4n) is 3.14. The standard InChI is InChI=1S/C21H27N3O3/c1-21(2,3)27-20(26)23-10-5-4-6-17-19-16(9-11-22-17)15-8-7-14(13-25)12-18(15)24-19/h7-9,11-12,24-25H,4-6,10,13H2,1-3H3,(H,23,26). The molecule has 27 heavy (non-hydrogen) atoms. The number of pyridine rings is 1. The molecule has 3 rings (SSSR count). The highest BCUT2D eigenvalue weighted by molar-refractivity contribution is 6.07. The summed E-state index contributed by atoms with van der Waals surface area (Å²) in [5.41, 5.74) is 3.48. The van der Waals surface area contributed by atoms with Gasteiger partial charge in [-0.1, -0.05) is 12.1 Å². The van der Waals surface area contributed by atoms with Crippen molar-refractivity contribution in [2.45, 2.75) is 52.2 Å². The molecule has 1 amide bonds. The van der Waals surface area contributed by atoms with E-state index in [1.807, 2.05) is 51.2 Å². The van der Waals surface area contributed by atoms with Crippen LogP contribution in [0.3, 0.4) is 0 Å². The van der Waals surface area contributed by atoms with Crippen molar-refractivity contribution < 1.29 is 14.6 Å². The molecule has 1 aromatic carbocycles. The average Bonchev–Trinajstić information content (AvgIpc) is 2.98. The first-order valence-corrected chi connectivity index (χ1v) is 9.33. The maximum absolute atomic E-state index is 11.6. The number of aromatic nitrogens is 2. The maximum atomic E-state index is 11.6. The first-order chi connectivity index (χ1) is 12.9. The van der Waals surface area contributed by atoms with Crippen LogP contribution in [0.5, 0.6) is 0 Å². The SMILES string of the molecule is CC(C)(C)OC(=O)NCCCCc1nccc2c1[nH]c1cc(CO)ccc12. The molecular formula is C21H27N3O3. The smallest absolute Gasteiger partial charge is 0.407 e. The van der Waals surface area contributed by atoms with Gasteiger partial charge in [-0.15, -0.1) is 0 Å². The van der Waals surface area contributed by atoms with Crippen molar-refractivity contribution in [2.24, 2.45) is 0 Å². The van der Waals surface area contributed by atoms with Gasteiger partial charge in [0.25, 0.3) is 0 Å². The largest absolute Gasteiger partial charge is 0.444 e. The number of aliphatic hydroxyl groups is 1. The number of aromatic amines is 1. The van der Waals surface area contributed by atoms with Gasteiger partial charge in [-0.3, -0.25) is 4.98 Å². The van der Waals surface area contributed by atoms with Crippen LogP contribution in [0.1, 0.15) is 44.9 Å². The summed E-state index contributed by atoms with van der Waals surface area (Å²) >= 11 is 0.